The van der Waals surface area contributed by atoms with E-state index < -0.39 is 54.2 Å². The van der Waals surface area contributed by atoms with Crippen LogP contribution in [0.1, 0.15) is 30.0 Å². The van der Waals surface area contributed by atoms with E-state index in [1.807, 2.05) is 0 Å². The summed E-state index contributed by atoms with van der Waals surface area (Å²) >= 11 is 11.5. The van der Waals surface area contributed by atoms with Gasteiger partial charge in [0, 0.05) is 29.4 Å². The Labute approximate surface area is 207 Å². The van der Waals surface area contributed by atoms with Crippen molar-refractivity contribution in [2.45, 2.75) is 43.9 Å². The highest BCUT2D eigenvalue weighted by Gasteiger charge is 2.55. The van der Waals surface area contributed by atoms with Gasteiger partial charge in [0.15, 0.2) is 0 Å². The first kappa shape index (κ1) is 29.0. The number of anilines is 1. The minimum Gasteiger partial charge on any atom is -0.381 e. The van der Waals surface area contributed by atoms with E-state index in [1.165, 1.54) is 13.2 Å². The van der Waals surface area contributed by atoms with Gasteiger partial charge in [0.1, 0.15) is 0 Å². The van der Waals surface area contributed by atoms with Crippen LogP contribution in [0.4, 0.5) is 32.0 Å². The molecule has 1 amide bonds. The summed E-state index contributed by atoms with van der Waals surface area (Å²) in [6, 6.07) is 5.62. The van der Waals surface area contributed by atoms with Gasteiger partial charge in [0.2, 0.25) is 11.5 Å². The molecule has 5 nitrogen and oxygen atoms in total. The van der Waals surface area contributed by atoms with Gasteiger partial charge in [-0.25, -0.2) is 0 Å². The monoisotopic (exact) mass is 546 g/mol. The number of amides is 1. The number of hydrogen-bond donors (Lipinski definition) is 3. The second-order valence-corrected chi connectivity index (χ2v) is 8.64. The summed E-state index contributed by atoms with van der Waals surface area (Å²) in [6.45, 7) is -0.0754. The third kappa shape index (κ3) is 7.63. The molecule has 13 heteroatoms. The normalized spacial score (nSPS) is 14.8. The fourth-order valence-electron chi connectivity index (χ4n) is 3.10. The molecule has 0 saturated heterocycles. The van der Waals surface area contributed by atoms with Crippen LogP contribution in [0.2, 0.25) is 10.0 Å². The molecule has 0 aliphatic rings. The average molecular weight is 547 g/mol. The molecule has 0 bridgehead atoms. The minimum absolute atomic E-state index is 0.0684. The highest BCUT2D eigenvalue weighted by molar-refractivity contribution is 6.34. The van der Waals surface area contributed by atoms with Crippen LogP contribution >= 0.6 is 23.2 Å². The Morgan fingerprint density at radius 3 is 2.17 bits per heavy atom. The van der Waals surface area contributed by atoms with Gasteiger partial charge in [-0.3, -0.25) is 4.79 Å². The maximum atomic E-state index is 13.8. The Balaban J connectivity index is 2.29. The van der Waals surface area contributed by atoms with Crippen molar-refractivity contribution in [3.8, 4) is 0 Å². The minimum atomic E-state index is -5.22. The Bertz CT molecular complexity index is 1030. The summed E-state index contributed by atoms with van der Waals surface area (Å²) < 4.78 is 87.1. The van der Waals surface area contributed by atoms with E-state index in [0.717, 1.165) is 24.3 Å². The second kappa shape index (κ2) is 11.2. The van der Waals surface area contributed by atoms with E-state index in [4.69, 9.17) is 27.9 Å². The molecule has 0 aliphatic carbocycles. The molecule has 0 saturated carbocycles. The number of alkyl halides is 6. The van der Waals surface area contributed by atoms with Crippen molar-refractivity contribution in [3.63, 3.8) is 0 Å². The molecule has 2 atom stereocenters. The molecule has 0 radical (unpaired) electrons. The van der Waals surface area contributed by atoms with Crippen LogP contribution in [0.3, 0.4) is 0 Å². The number of methoxy groups -OCH3 is 1. The Hall–Kier alpha value is -2.21. The zero-order chi connectivity index (χ0) is 26.6. The van der Waals surface area contributed by atoms with Crippen molar-refractivity contribution in [1.29, 1.82) is 0 Å². The van der Waals surface area contributed by atoms with Gasteiger partial charge in [-0.05, 0) is 48.4 Å². The number of benzene rings is 2. The number of halogens is 8. The Morgan fingerprint density at radius 2 is 1.66 bits per heavy atom. The molecule has 194 valence electrons. The van der Waals surface area contributed by atoms with Crippen molar-refractivity contribution >= 4 is 34.8 Å². The SMILES string of the molecule is CO[C@@H](C)CC(=O)NCc1ccc(NC[C@](O)(c2cc(Cl)cc(Cl)c2)C(F)(F)F)cc1C(F)(F)F. The molecular weight excluding hydrogens is 525 g/mol. The van der Waals surface area contributed by atoms with Crippen molar-refractivity contribution < 1.29 is 41.0 Å². The molecule has 0 unspecified atom stereocenters. The van der Waals surface area contributed by atoms with Crippen LogP contribution in [-0.4, -0.2) is 36.9 Å². The Kier molecular flexibility index (Phi) is 9.32. The molecule has 35 heavy (non-hydrogen) atoms. The lowest BCUT2D eigenvalue weighted by molar-refractivity contribution is -0.260. The van der Waals surface area contributed by atoms with E-state index in [9.17, 15) is 36.2 Å². The van der Waals surface area contributed by atoms with Crippen molar-refractivity contribution in [1.82, 2.24) is 5.32 Å². The number of carbonyl (C=O) groups is 1. The molecule has 0 aromatic heterocycles. The van der Waals surface area contributed by atoms with Gasteiger partial charge < -0.3 is 20.5 Å². The number of ether oxygens (including phenoxy) is 1. The molecule has 2 rings (SSSR count). The first-order valence-corrected chi connectivity index (χ1v) is 10.8. The van der Waals surface area contributed by atoms with E-state index in [0.29, 0.717) is 6.07 Å². The highest BCUT2D eigenvalue weighted by Crippen LogP contribution is 2.41. The van der Waals surface area contributed by atoms with Gasteiger partial charge in [0.25, 0.3) is 0 Å². The van der Waals surface area contributed by atoms with E-state index in [2.05, 4.69) is 10.6 Å². The second-order valence-electron chi connectivity index (χ2n) is 7.77. The first-order chi connectivity index (χ1) is 16.1. The molecular formula is C22H22Cl2F6N2O3. The summed E-state index contributed by atoms with van der Waals surface area (Å²) in [4.78, 5) is 11.9. The summed E-state index contributed by atoms with van der Waals surface area (Å²) in [5.74, 6) is -0.537. The third-order valence-electron chi connectivity index (χ3n) is 5.12. The predicted octanol–water partition coefficient (Wildman–Crippen LogP) is 5.92. The van der Waals surface area contributed by atoms with E-state index in [1.54, 1.807) is 6.92 Å². The Morgan fingerprint density at radius 1 is 1.06 bits per heavy atom. The lowest BCUT2D eigenvalue weighted by atomic mass is 9.92. The summed E-state index contributed by atoms with van der Waals surface area (Å²) in [6.07, 6.45) is -10.6. The quantitative estimate of drug-likeness (QED) is 0.342. The third-order valence-corrected chi connectivity index (χ3v) is 5.56. The maximum Gasteiger partial charge on any atom is 0.423 e. The van der Waals surface area contributed by atoms with Gasteiger partial charge >= 0.3 is 12.4 Å². The lowest BCUT2D eigenvalue weighted by Crippen LogP contribution is -2.47. The van der Waals surface area contributed by atoms with E-state index >= 15 is 0 Å². The fourth-order valence-corrected chi connectivity index (χ4v) is 3.63. The van der Waals surface area contributed by atoms with Gasteiger partial charge in [-0.2, -0.15) is 26.3 Å². The molecule has 3 N–H and O–H groups in total. The van der Waals surface area contributed by atoms with Crippen LogP contribution in [-0.2, 0) is 27.9 Å². The largest absolute Gasteiger partial charge is 0.423 e. The zero-order valence-electron chi connectivity index (χ0n) is 18.5. The van der Waals surface area contributed by atoms with Crippen molar-refractivity contribution in [2.75, 3.05) is 19.0 Å². The number of carbonyl (C=O) groups excluding carboxylic acids is 1. The molecule has 0 heterocycles. The molecule has 0 aliphatic heterocycles. The van der Waals surface area contributed by atoms with Gasteiger partial charge in [-0.15, -0.1) is 0 Å². The van der Waals surface area contributed by atoms with Crippen LogP contribution in [0.25, 0.3) is 0 Å². The lowest BCUT2D eigenvalue weighted by Gasteiger charge is -2.32. The first-order valence-electron chi connectivity index (χ1n) is 10.1. The van der Waals surface area contributed by atoms with Gasteiger partial charge in [0.05, 0.1) is 24.6 Å². The van der Waals surface area contributed by atoms with Crippen molar-refractivity contribution in [3.05, 3.63) is 63.1 Å². The fraction of sp³-hybridized carbons (Fsp3) is 0.409. The molecule has 0 fully saturated rings. The van der Waals surface area contributed by atoms with Crippen LogP contribution in [0, 0.1) is 0 Å². The molecule has 2 aromatic rings. The smallest absolute Gasteiger partial charge is 0.381 e. The molecule has 0 spiro atoms. The number of aliphatic hydroxyl groups is 1. The standard InChI is InChI=1S/C22H22Cl2F6N2O3/c1-12(35-2)5-19(33)31-10-13-3-4-17(9-18(13)21(25,26)27)32-11-20(34,22(28,29)30)14-6-15(23)8-16(24)7-14/h3-4,6-9,12,32,34H,5,10-11H2,1-2H3,(H,31,33)/t12-,20-/m0/s1. The highest BCUT2D eigenvalue weighted by atomic mass is 35.5. The van der Waals surface area contributed by atoms with Gasteiger partial charge in [-0.1, -0.05) is 29.3 Å². The van der Waals surface area contributed by atoms with Crippen LogP contribution in [0.15, 0.2) is 36.4 Å². The maximum absolute atomic E-state index is 13.8. The van der Waals surface area contributed by atoms with Crippen LogP contribution in [0.5, 0.6) is 0 Å². The predicted molar refractivity (Wildman–Crippen MR) is 119 cm³/mol. The zero-order valence-corrected chi connectivity index (χ0v) is 20.0. The number of nitrogens with one attached hydrogen (secondary N) is 2. The average Bonchev–Trinajstić information content (AvgIpc) is 2.74. The van der Waals surface area contributed by atoms with E-state index in [-0.39, 0.29) is 27.7 Å². The summed E-state index contributed by atoms with van der Waals surface area (Å²) in [5, 5.41) is 14.7. The number of rotatable bonds is 9. The van der Waals surface area contributed by atoms with Crippen molar-refractivity contribution in [2.24, 2.45) is 0 Å². The topological polar surface area (TPSA) is 70.6 Å². The summed E-state index contributed by atoms with van der Waals surface area (Å²) in [5.41, 5.74) is -5.99. The van der Waals surface area contributed by atoms with Crippen LogP contribution < -0.4 is 10.6 Å². The number of hydrogen-bond acceptors (Lipinski definition) is 4. The molecule has 2 aromatic carbocycles. The summed E-state index contributed by atoms with van der Waals surface area (Å²) in [7, 11) is 1.38.